The van der Waals surface area contributed by atoms with E-state index in [1.54, 1.807) is 0 Å². The van der Waals surface area contributed by atoms with Gasteiger partial charge >= 0.3 is 0 Å². The van der Waals surface area contributed by atoms with E-state index >= 15 is 0 Å². The number of benzene rings is 1. The number of nitrogens with zero attached hydrogens (tertiary/aromatic N) is 1. The zero-order chi connectivity index (χ0) is 15.8. The summed E-state index contributed by atoms with van der Waals surface area (Å²) in [5.41, 5.74) is 0.709. The van der Waals surface area contributed by atoms with Crippen molar-refractivity contribution in [2.24, 2.45) is 0 Å². The highest BCUT2D eigenvalue weighted by atomic mass is 32.1. The quantitative estimate of drug-likeness (QED) is 0.806. The van der Waals surface area contributed by atoms with Crippen LogP contribution < -0.4 is 10.1 Å². The highest BCUT2D eigenvalue weighted by Gasteiger charge is 2.10. The molecule has 0 saturated heterocycles. The number of hydrogen-bond donors (Lipinski definition) is 1. The second-order valence-electron chi connectivity index (χ2n) is 4.80. The molecule has 1 amide bonds. The van der Waals surface area contributed by atoms with E-state index in [-0.39, 0.29) is 5.91 Å². The summed E-state index contributed by atoms with van der Waals surface area (Å²) in [6, 6.07) is 11.2. The molecule has 0 unspecified atom stereocenters. The SMILES string of the molecule is CCN(CC)CCOc1ccccc1NC(=O)c1cccs1. The van der Waals surface area contributed by atoms with Gasteiger partial charge in [-0.25, -0.2) is 0 Å². The number of ether oxygens (including phenoxy) is 1. The van der Waals surface area contributed by atoms with E-state index in [1.165, 1.54) is 11.3 Å². The Morgan fingerprint density at radius 3 is 2.64 bits per heavy atom. The molecule has 0 aliphatic rings. The molecule has 0 saturated carbocycles. The van der Waals surface area contributed by atoms with Gasteiger partial charge in [-0.3, -0.25) is 4.79 Å². The van der Waals surface area contributed by atoms with Gasteiger partial charge in [-0.1, -0.05) is 32.0 Å². The molecule has 1 aromatic heterocycles. The van der Waals surface area contributed by atoms with Crippen molar-refractivity contribution in [2.75, 3.05) is 31.6 Å². The minimum absolute atomic E-state index is 0.102. The largest absolute Gasteiger partial charge is 0.490 e. The first-order chi connectivity index (χ1) is 10.7. The number of rotatable bonds is 8. The van der Waals surface area contributed by atoms with Crippen molar-refractivity contribution in [2.45, 2.75) is 13.8 Å². The lowest BCUT2D eigenvalue weighted by Gasteiger charge is -2.19. The van der Waals surface area contributed by atoms with Crippen molar-refractivity contribution in [1.29, 1.82) is 0 Å². The smallest absolute Gasteiger partial charge is 0.265 e. The topological polar surface area (TPSA) is 41.6 Å². The summed E-state index contributed by atoms with van der Waals surface area (Å²) in [4.78, 5) is 15.1. The van der Waals surface area contributed by atoms with Gasteiger partial charge in [0, 0.05) is 6.54 Å². The Kier molecular flexibility index (Phi) is 6.43. The van der Waals surface area contributed by atoms with Crippen LogP contribution in [0, 0.1) is 0 Å². The van der Waals surface area contributed by atoms with Crippen molar-refractivity contribution >= 4 is 22.9 Å². The van der Waals surface area contributed by atoms with Crippen molar-refractivity contribution in [1.82, 2.24) is 4.90 Å². The normalized spacial score (nSPS) is 10.7. The van der Waals surface area contributed by atoms with E-state index < -0.39 is 0 Å². The molecule has 0 aliphatic heterocycles. The number of amides is 1. The average molecular weight is 318 g/mol. The molecule has 1 N–H and O–H groups in total. The van der Waals surface area contributed by atoms with Crippen molar-refractivity contribution < 1.29 is 9.53 Å². The monoisotopic (exact) mass is 318 g/mol. The van der Waals surface area contributed by atoms with Gasteiger partial charge in [0.15, 0.2) is 0 Å². The number of hydrogen-bond acceptors (Lipinski definition) is 4. The summed E-state index contributed by atoms with van der Waals surface area (Å²) in [5.74, 6) is 0.606. The van der Waals surface area contributed by atoms with Crippen molar-refractivity contribution in [3.63, 3.8) is 0 Å². The highest BCUT2D eigenvalue weighted by molar-refractivity contribution is 7.12. The van der Waals surface area contributed by atoms with Crippen LogP contribution in [0.4, 0.5) is 5.69 Å². The van der Waals surface area contributed by atoms with Gasteiger partial charge in [-0.15, -0.1) is 11.3 Å². The molecular formula is C17H22N2O2S. The van der Waals surface area contributed by atoms with E-state index in [4.69, 9.17) is 4.74 Å². The lowest BCUT2D eigenvalue weighted by molar-refractivity contribution is 0.103. The van der Waals surface area contributed by atoms with Crippen LogP contribution in [0.15, 0.2) is 41.8 Å². The van der Waals surface area contributed by atoms with Crippen LogP contribution in [-0.4, -0.2) is 37.0 Å². The Morgan fingerprint density at radius 1 is 1.18 bits per heavy atom. The molecule has 5 heteroatoms. The van der Waals surface area contributed by atoms with Crippen LogP contribution in [0.3, 0.4) is 0 Å². The van der Waals surface area contributed by atoms with Gasteiger partial charge < -0.3 is 15.0 Å². The summed E-state index contributed by atoms with van der Waals surface area (Å²) in [6.07, 6.45) is 0. The number of nitrogens with one attached hydrogen (secondary N) is 1. The fourth-order valence-corrected chi connectivity index (χ4v) is 2.73. The van der Waals surface area contributed by atoms with Gasteiger partial charge in [-0.2, -0.15) is 0 Å². The molecule has 2 rings (SSSR count). The third-order valence-electron chi connectivity index (χ3n) is 3.44. The summed E-state index contributed by atoms with van der Waals surface area (Å²) in [5, 5.41) is 4.80. The molecule has 0 atom stereocenters. The molecule has 1 aromatic carbocycles. The first-order valence-electron chi connectivity index (χ1n) is 7.53. The molecular weight excluding hydrogens is 296 g/mol. The maximum atomic E-state index is 12.1. The van der Waals surface area contributed by atoms with Crippen molar-refractivity contribution in [3.8, 4) is 5.75 Å². The van der Waals surface area contributed by atoms with Gasteiger partial charge in [0.05, 0.1) is 10.6 Å². The lowest BCUT2D eigenvalue weighted by Crippen LogP contribution is -2.28. The molecule has 4 nitrogen and oxygen atoms in total. The first kappa shape index (κ1) is 16.5. The molecule has 0 radical (unpaired) electrons. The Hall–Kier alpha value is -1.85. The number of carbonyl (C=O) groups excluding carboxylic acids is 1. The summed E-state index contributed by atoms with van der Waals surface area (Å²) in [7, 11) is 0. The standard InChI is InChI=1S/C17H22N2O2S/c1-3-19(4-2)11-12-21-15-9-6-5-8-14(15)18-17(20)16-10-7-13-22-16/h5-10,13H,3-4,11-12H2,1-2H3,(H,18,20). The maximum Gasteiger partial charge on any atom is 0.265 e. The number of anilines is 1. The van der Waals surface area contributed by atoms with Gasteiger partial charge in [0.2, 0.25) is 0 Å². The van der Waals surface area contributed by atoms with Crippen LogP contribution in [0.1, 0.15) is 23.5 Å². The third-order valence-corrected chi connectivity index (χ3v) is 4.31. The maximum absolute atomic E-state index is 12.1. The molecule has 0 bridgehead atoms. The van der Waals surface area contributed by atoms with E-state index in [2.05, 4.69) is 24.1 Å². The van der Waals surface area contributed by atoms with Crippen LogP contribution in [0.5, 0.6) is 5.75 Å². The molecule has 0 aliphatic carbocycles. The van der Waals surface area contributed by atoms with E-state index in [1.807, 2.05) is 41.8 Å². The lowest BCUT2D eigenvalue weighted by atomic mass is 10.3. The molecule has 118 valence electrons. The Morgan fingerprint density at radius 2 is 1.95 bits per heavy atom. The number of likely N-dealkylation sites (N-methyl/N-ethyl adjacent to an activating group) is 1. The van der Waals surface area contributed by atoms with Crippen LogP contribution >= 0.6 is 11.3 Å². The van der Waals surface area contributed by atoms with Crippen LogP contribution in [0.2, 0.25) is 0 Å². The predicted octanol–water partition coefficient (Wildman–Crippen LogP) is 3.72. The summed E-state index contributed by atoms with van der Waals surface area (Å²) < 4.78 is 5.84. The second-order valence-corrected chi connectivity index (χ2v) is 5.75. The van der Waals surface area contributed by atoms with E-state index in [0.29, 0.717) is 22.9 Å². The molecule has 0 fully saturated rings. The molecule has 0 spiro atoms. The van der Waals surface area contributed by atoms with Crippen LogP contribution in [0.25, 0.3) is 0 Å². The Balaban J connectivity index is 1.96. The zero-order valence-electron chi connectivity index (χ0n) is 13.0. The number of carbonyl (C=O) groups is 1. The Bertz CT molecular complexity index is 580. The van der Waals surface area contributed by atoms with E-state index in [0.717, 1.165) is 19.6 Å². The van der Waals surface area contributed by atoms with Crippen molar-refractivity contribution in [3.05, 3.63) is 46.7 Å². The fraction of sp³-hybridized carbons (Fsp3) is 0.353. The van der Waals surface area contributed by atoms with E-state index in [9.17, 15) is 4.79 Å². The highest BCUT2D eigenvalue weighted by Crippen LogP contribution is 2.24. The first-order valence-corrected chi connectivity index (χ1v) is 8.41. The zero-order valence-corrected chi connectivity index (χ0v) is 13.9. The number of thiophene rings is 1. The van der Waals surface area contributed by atoms with Gasteiger partial charge in [-0.05, 0) is 36.7 Å². The number of para-hydroxylation sites is 2. The second kappa shape index (κ2) is 8.56. The molecule has 2 aromatic rings. The fourth-order valence-electron chi connectivity index (χ4n) is 2.11. The summed E-state index contributed by atoms with van der Waals surface area (Å²) >= 11 is 1.42. The minimum Gasteiger partial charge on any atom is -0.490 e. The summed E-state index contributed by atoms with van der Waals surface area (Å²) in [6.45, 7) is 7.78. The third kappa shape index (κ3) is 4.58. The Labute approximate surface area is 135 Å². The van der Waals surface area contributed by atoms with Gasteiger partial charge in [0.1, 0.15) is 12.4 Å². The minimum atomic E-state index is -0.102. The predicted molar refractivity (Wildman–Crippen MR) is 92.0 cm³/mol. The average Bonchev–Trinajstić information content (AvgIpc) is 3.07. The molecule has 1 heterocycles. The van der Waals surface area contributed by atoms with Crippen LogP contribution in [-0.2, 0) is 0 Å². The molecule has 22 heavy (non-hydrogen) atoms. The van der Waals surface area contributed by atoms with Gasteiger partial charge in [0.25, 0.3) is 5.91 Å².